The molecule has 0 aliphatic carbocycles. The molecule has 5 nitrogen and oxygen atoms in total. The van der Waals surface area contributed by atoms with Crippen LogP contribution >= 0.6 is 0 Å². The summed E-state index contributed by atoms with van der Waals surface area (Å²) in [4.78, 5) is 21.9. The Morgan fingerprint density at radius 1 is 1.05 bits per heavy atom. The smallest absolute Gasteiger partial charge is 0.351 e. The minimum Gasteiger partial charge on any atom is -0.467 e. The standard InChI is InChI=1S/C14H11N3O2/c1-19-14-16-12(15-13(18)17-14)11-8-4-6-9-5-2-3-7-10(9)11/h2-8H,1H3,(H,15,16,17,18). The first kappa shape index (κ1) is 11.4. The van der Waals surface area contributed by atoms with Gasteiger partial charge in [-0.05, 0) is 10.8 Å². The van der Waals surface area contributed by atoms with E-state index in [0.717, 1.165) is 16.3 Å². The van der Waals surface area contributed by atoms with E-state index in [0.29, 0.717) is 5.82 Å². The number of nitrogens with one attached hydrogen (secondary N) is 1. The summed E-state index contributed by atoms with van der Waals surface area (Å²) in [6.45, 7) is 0. The van der Waals surface area contributed by atoms with Crippen LogP contribution in [0, 0.1) is 0 Å². The third-order valence-corrected chi connectivity index (χ3v) is 2.86. The third kappa shape index (κ3) is 2.06. The van der Waals surface area contributed by atoms with Gasteiger partial charge in [0.1, 0.15) is 5.82 Å². The number of aromatic amines is 1. The van der Waals surface area contributed by atoms with Crippen molar-refractivity contribution in [2.75, 3.05) is 7.11 Å². The predicted octanol–water partition coefficient (Wildman–Crippen LogP) is 1.99. The van der Waals surface area contributed by atoms with E-state index in [1.807, 2.05) is 42.5 Å². The molecule has 0 saturated heterocycles. The average molecular weight is 253 g/mol. The Morgan fingerprint density at radius 3 is 2.68 bits per heavy atom. The molecule has 0 unspecified atom stereocenters. The fraction of sp³-hybridized carbons (Fsp3) is 0.0714. The number of rotatable bonds is 2. The SMILES string of the molecule is COc1nc(-c2cccc3ccccc23)[nH]c(=O)n1. The fourth-order valence-electron chi connectivity index (χ4n) is 2.02. The monoisotopic (exact) mass is 253 g/mol. The number of methoxy groups -OCH3 is 1. The maximum Gasteiger partial charge on any atom is 0.351 e. The van der Waals surface area contributed by atoms with E-state index >= 15 is 0 Å². The van der Waals surface area contributed by atoms with E-state index < -0.39 is 5.69 Å². The average Bonchev–Trinajstić information content (AvgIpc) is 2.46. The highest BCUT2D eigenvalue weighted by Crippen LogP contribution is 2.25. The van der Waals surface area contributed by atoms with Crippen LogP contribution in [0.25, 0.3) is 22.2 Å². The molecule has 0 aliphatic heterocycles. The zero-order valence-corrected chi connectivity index (χ0v) is 10.3. The molecule has 0 radical (unpaired) electrons. The summed E-state index contributed by atoms with van der Waals surface area (Å²) in [7, 11) is 1.43. The van der Waals surface area contributed by atoms with Crippen molar-refractivity contribution in [3.63, 3.8) is 0 Å². The Kier molecular flexibility index (Phi) is 2.72. The summed E-state index contributed by atoms with van der Waals surface area (Å²) < 4.78 is 4.93. The van der Waals surface area contributed by atoms with Crippen molar-refractivity contribution in [1.82, 2.24) is 15.0 Å². The number of nitrogens with zero attached hydrogens (tertiary/aromatic N) is 2. The number of benzene rings is 2. The molecule has 0 spiro atoms. The number of ether oxygens (including phenoxy) is 1. The molecule has 2 aromatic carbocycles. The number of aromatic nitrogens is 3. The molecule has 0 saturated carbocycles. The van der Waals surface area contributed by atoms with Gasteiger partial charge in [-0.1, -0.05) is 42.5 Å². The number of hydrogen-bond acceptors (Lipinski definition) is 4. The van der Waals surface area contributed by atoms with Gasteiger partial charge in [0.15, 0.2) is 0 Å². The zero-order valence-electron chi connectivity index (χ0n) is 10.3. The highest BCUT2D eigenvalue weighted by atomic mass is 16.5. The van der Waals surface area contributed by atoms with Crippen molar-refractivity contribution >= 4 is 10.8 Å². The molecular formula is C14H11N3O2. The van der Waals surface area contributed by atoms with Crippen molar-refractivity contribution in [2.45, 2.75) is 0 Å². The van der Waals surface area contributed by atoms with Gasteiger partial charge in [-0.3, -0.25) is 4.98 Å². The molecule has 0 fully saturated rings. The normalized spacial score (nSPS) is 10.6. The van der Waals surface area contributed by atoms with Gasteiger partial charge in [0.05, 0.1) is 7.11 Å². The van der Waals surface area contributed by atoms with E-state index in [1.165, 1.54) is 7.11 Å². The lowest BCUT2D eigenvalue weighted by molar-refractivity contribution is 0.377. The molecule has 1 aromatic heterocycles. The maximum absolute atomic E-state index is 11.5. The first-order valence-electron chi connectivity index (χ1n) is 5.78. The van der Waals surface area contributed by atoms with E-state index in [-0.39, 0.29) is 6.01 Å². The summed E-state index contributed by atoms with van der Waals surface area (Å²) in [5.41, 5.74) is 0.366. The molecule has 94 valence electrons. The molecule has 3 aromatic rings. The number of hydrogen-bond donors (Lipinski definition) is 1. The van der Waals surface area contributed by atoms with Crippen molar-refractivity contribution in [2.24, 2.45) is 0 Å². The second-order valence-electron chi connectivity index (χ2n) is 4.02. The van der Waals surface area contributed by atoms with Crippen LogP contribution in [0.4, 0.5) is 0 Å². The van der Waals surface area contributed by atoms with Crippen LogP contribution in [0.1, 0.15) is 0 Å². The summed E-state index contributed by atoms with van der Waals surface area (Å²) >= 11 is 0. The maximum atomic E-state index is 11.5. The summed E-state index contributed by atoms with van der Waals surface area (Å²) in [6.07, 6.45) is 0. The quantitative estimate of drug-likeness (QED) is 0.758. The second-order valence-corrected chi connectivity index (χ2v) is 4.02. The molecule has 19 heavy (non-hydrogen) atoms. The molecular weight excluding hydrogens is 242 g/mol. The van der Waals surface area contributed by atoms with Crippen LogP contribution in [0.5, 0.6) is 6.01 Å². The fourth-order valence-corrected chi connectivity index (χ4v) is 2.02. The van der Waals surface area contributed by atoms with Crippen molar-refractivity contribution in [3.8, 4) is 17.4 Å². The Labute approximate surface area is 108 Å². The predicted molar refractivity (Wildman–Crippen MR) is 72.1 cm³/mol. The van der Waals surface area contributed by atoms with Crippen LogP contribution in [0.3, 0.4) is 0 Å². The first-order valence-corrected chi connectivity index (χ1v) is 5.78. The van der Waals surface area contributed by atoms with E-state index in [9.17, 15) is 4.79 Å². The van der Waals surface area contributed by atoms with Gasteiger partial charge in [-0.2, -0.15) is 4.98 Å². The topological polar surface area (TPSA) is 67.9 Å². The van der Waals surface area contributed by atoms with Crippen molar-refractivity contribution in [1.29, 1.82) is 0 Å². The van der Waals surface area contributed by atoms with Crippen LogP contribution in [0.2, 0.25) is 0 Å². The van der Waals surface area contributed by atoms with E-state index in [4.69, 9.17) is 4.74 Å². The van der Waals surface area contributed by atoms with Crippen molar-refractivity contribution in [3.05, 3.63) is 52.9 Å². The van der Waals surface area contributed by atoms with Crippen molar-refractivity contribution < 1.29 is 4.74 Å². The number of H-pyrrole nitrogens is 1. The molecule has 0 aliphatic rings. The lowest BCUT2D eigenvalue weighted by Crippen LogP contribution is -2.14. The summed E-state index contributed by atoms with van der Waals surface area (Å²) in [6, 6.07) is 13.8. The highest BCUT2D eigenvalue weighted by molar-refractivity contribution is 5.94. The Hall–Kier alpha value is -2.69. The van der Waals surface area contributed by atoms with Gasteiger partial charge in [-0.15, -0.1) is 4.98 Å². The first-order chi connectivity index (χ1) is 9.28. The van der Waals surface area contributed by atoms with Crippen LogP contribution in [-0.2, 0) is 0 Å². The molecule has 5 heteroatoms. The van der Waals surface area contributed by atoms with Crippen LogP contribution in [0.15, 0.2) is 47.3 Å². The van der Waals surface area contributed by atoms with Gasteiger partial charge in [0.2, 0.25) is 0 Å². The molecule has 0 amide bonds. The lowest BCUT2D eigenvalue weighted by atomic mass is 10.0. The number of fused-ring (bicyclic) bond motifs is 1. The Balaban J connectivity index is 2.30. The second kappa shape index (κ2) is 4.53. The van der Waals surface area contributed by atoms with Gasteiger partial charge < -0.3 is 4.74 Å². The highest BCUT2D eigenvalue weighted by Gasteiger charge is 2.08. The molecule has 1 N–H and O–H groups in total. The summed E-state index contributed by atoms with van der Waals surface area (Å²) in [5.74, 6) is 0.452. The molecule has 3 rings (SSSR count). The largest absolute Gasteiger partial charge is 0.467 e. The minimum atomic E-state index is -0.477. The van der Waals surface area contributed by atoms with Gasteiger partial charge in [0, 0.05) is 5.56 Å². The van der Waals surface area contributed by atoms with Gasteiger partial charge >= 0.3 is 11.7 Å². The Morgan fingerprint density at radius 2 is 1.84 bits per heavy atom. The molecule has 0 bridgehead atoms. The lowest BCUT2D eigenvalue weighted by Gasteiger charge is -2.06. The van der Waals surface area contributed by atoms with Gasteiger partial charge in [0.25, 0.3) is 0 Å². The Bertz CT molecular complexity index is 791. The van der Waals surface area contributed by atoms with E-state index in [1.54, 1.807) is 0 Å². The summed E-state index contributed by atoms with van der Waals surface area (Å²) in [5, 5.41) is 2.10. The van der Waals surface area contributed by atoms with E-state index in [2.05, 4.69) is 15.0 Å². The van der Waals surface area contributed by atoms with Crippen LogP contribution < -0.4 is 10.4 Å². The van der Waals surface area contributed by atoms with Gasteiger partial charge in [-0.25, -0.2) is 4.79 Å². The zero-order chi connectivity index (χ0) is 13.2. The molecule has 0 atom stereocenters. The third-order valence-electron chi connectivity index (χ3n) is 2.86. The van der Waals surface area contributed by atoms with Crippen LogP contribution in [-0.4, -0.2) is 22.1 Å². The minimum absolute atomic E-state index is 0.0617. The molecule has 1 heterocycles.